The van der Waals surface area contributed by atoms with Crippen molar-refractivity contribution in [3.8, 4) is 0 Å². The third-order valence-electron chi connectivity index (χ3n) is 4.51. The Morgan fingerprint density at radius 1 is 1.17 bits per heavy atom. The van der Waals surface area contributed by atoms with Crippen molar-refractivity contribution < 1.29 is 27.9 Å². The second kappa shape index (κ2) is 7.23. The van der Waals surface area contributed by atoms with Crippen molar-refractivity contribution in [1.82, 2.24) is 5.32 Å². The molecule has 7 heteroatoms. The number of amides is 1. The molecule has 1 saturated carbocycles. The summed E-state index contributed by atoms with van der Waals surface area (Å²) in [6.07, 6.45) is -1.31. The maximum atomic E-state index is 13.0. The van der Waals surface area contributed by atoms with Gasteiger partial charge in [-0.25, -0.2) is 0 Å². The zero-order valence-electron chi connectivity index (χ0n) is 13.2. The molecule has 0 bridgehead atoms. The van der Waals surface area contributed by atoms with Crippen molar-refractivity contribution in [3.63, 3.8) is 0 Å². The summed E-state index contributed by atoms with van der Waals surface area (Å²) in [5.41, 5.74) is -1.44. The number of carboxylic acid groups (broad SMARTS) is 1. The molecule has 0 saturated heterocycles. The molecule has 0 spiro atoms. The summed E-state index contributed by atoms with van der Waals surface area (Å²) in [7, 11) is 0. The molecule has 0 aliphatic heterocycles. The second-order valence-corrected chi connectivity index (χ2v) is 6.12. The first-order valence-corrected chi connectivity index (χ1v) is 7.93. The maximum absolute atomic E-state index is 13.0. The van der Waals surface area contributed by atoms with Gasteiger partial charge < -0.3 is 10.4 Å². The SMILES string of the molecule is O=C(O)CCNC(=O)C1(c2cccc(C(F)(F)F)c2)CCCCC1. The Morgan fingerprint density at radius 3 is 2.42 bits per heavy atom. The van der Waals surface area contributed by atoms with Crippen LogP contribution in [0, 0.1) is 0 Å². The lowest BCUT2D eigenvalue weighted by Crippen LogP contribution is -2.46. The van der Waals surface area contributed by atoms with E-state index < -0.39 is 23.1 Å². The number of carbonyl (C=O) groups is 2. The van der Waals surface area contributed by atoms with E-state index in [4.69, 9.17) is 5.11 Å². The maximum Gasteiger partial charge on any atom is 0.416 e. The summed E-state index contributed by atoms with van der Waals surface area (Å²) >= 11 is 0. The number of alkyl halides is 3. The highest BCUT2D eigenvalue weighted by atomic mass is 19.4. The van der Waals surface area contributed by atoms with Crippen LogP contribution >= 0.6 is 0 Å². The molecule has 1 amide bonds. The summed E-state index contributed by atoms with van der Waals surface area (Å²) in [6, 6.07) is 4.90. The van der Waals surface area contributed by atoms with Crippen molar-refractivity contribution in [2.75, 3.05) is 6.54 Å². The molecular formula is C17H20F3NO3. The molecule has 24 heavy (non-hydrogen) atoms. The quantitative estimate of drug-likeness (QED) is 0.860. The van der Waals surface area contributed by atoms with Crippen LogP contribution in [0.2, 0.25) is 0 Å². The number of hydrogen-bond donors (Lipinski definition) is 2. The van der Waals surface area contributed by atoms with E-state index in [1.54, 1.807) is 6.07 Å². The third-order valence-corrected chi connectivity index (χ3v) is 4.51. The van der Waals surface area contributed by atoms with Gasteiger partial charge in [-0.2, -0.15) is 13.2 Å². The number of halogens is 3. The highest BCUT2D eigenvalue weighted by Crippen LogP contribution is 2.41. The molecule has 1 aliphatic rings. The molecule has 1 aromatic rings. The Labute approximate surface area is 138 Å². The van der Waals surface area contributed by atoms with Gasteiger partial charge >= 0.3 is 12.1 Å². The van der Waals surface area contributed by atoms with Gasteiger partial charge in [-0.1, -0.05) is 37.5 Å². The number of benzene rings is 1. The largest absolute Gasteiger partial charge is 0.481 e. The molecule has 0 atom stereocenters. The molecule has 2 N–H and O–H groups in total. The Balaban J connectivity index is 2.30. The van der Waals surface area contributed by atoms with Gasteiger partial charge in [0.1, 0.15) is 0 Å². The lowest BCUT2D eigenvalue weighted by molar-refractivity contribution is -0.138. The van der Waals surface area contributed by atoms with Crippen LogP contribution in [0.15, 0.2) is 24.3 Å². The molecule has 2 rings (SSSR count). The smallest absolute Gasteiger partial charge is 0.416 e. The summed E-state index contributed by atoms with van der Waals surface area (Å²) in [4.78, 5) is 23.3. The molecule has 0 aromatic heterocycles. The van der Waals surface area contributed by atoms with Gasteiger partial charge in [0.15, 0.2) is 0 Å². The van der Waals surface area contributed by atoms with E-state index in [2.05, 4.69) is 5.32 Å². The number of carbonyl (C=O) groups excluding carboxylic acids is 1. The molecular weight excluding hydrogens is 323 g/mol. The van der Waals surface area contributed by atoms with E-state index in [0.717, 1.165) is 31.4 Å². The Morgan fingerprint density at radius 2 is 1.83 bits per heavy atom. The fourth-order valence-corrected chi connectivity index (χ4v) is 3.25. The summed E-state index contributed by atoms with van der Waals surface area (Å²) < 4.78 is 39.0. The number of hydrogen-bond acceptors (Lipinski definition) is 2. The second-order valence-electron chi connectivity index (χ2n) is 6.12. The van der Waals surface area contributed by atoms with Gasteiger partial charge in [0, 0.05) is 6.54 Å². The van der Waals surface area contributed by atoms with Crippen molar-refractivity contribution in [2.45, 2.75) is 50.1 Å². The van der Waals surface area contributed by atoms with Gasteiger partial charge in [0.05, 0.1) is 17.4 Å². The molecule has 0 radical (unpaired) electrons. The van der Waals surface area contributed by atoms with Gasteiger partial charge in [0.2, 0.25) is 5.91 Å². The lowest BCUT2D eigenvalue weighted by Gasteiger charge is -2.36. The molecule has 132 valence electrons. The zero-order chi connectivity index (χ0) is 17.8. The van der Waals surface area contributed by atoms with E-state index >= 15 is 0 Å². The number of carboxylic acids is 1. The van der Waals surface area contributed by atoms with Crippen LogP contribution < -0.4 is 5.32 Å². The Hall–Kier alpha value is -2.05. The van der Waals surface area contributed by atoms with Gasteiger partial charge in [-0.15, -0.1) is 0 Å². The Bertz CT molecular complexity index is 607. The number of nitrogens with one attached hydrogen (secondary N) is 1. The van der Waals surface area contributed by atoms with Crippen LogP contribution in [-0.2, 0) is 21.2 Å². The minimum atomic E-state index is -4.47. The van der Waals surface area contributed by atoms with Crippen LogP contribution in [0.4, 0.5) is 13.2 Å². The lowest BCUT2D eigenvalue weighted by atomic mass is 9.68. The minimum Gasteiger partial charge on any atom is -0.481 e. The molecule has 0 unspecified atom stereocenters. The van der Waals surface area contributed by atoms with Crippen LogP contribution in [-0.4, -0.2) is 23.5 Å². The van der Waals surface area contributed by atoms with E-state index in [1.165, 1.54) is 6.07 Å². The fraction of sp³-hybridized carbons (Fsp3) is 0.529. The van der Waals surface area contributed by atoms with Crippen LogP contribution in [0.3, 0.4) is 0 Å². The van der Waals surface area contributed by atoms with E-state index in [9.17, 15) is 22.8 Å². The van der Waals surface area contributed by atoms with E-state index in [0.29, 0.717) is 18.4 Å². The molecule has 4 nitrogen and oxygen atoms in total. The highest BCUT2D eigenvalue weighted by molar-refractivity contribution is 5.88. The van der Waals surface area contributed by atoms with E-state index in [-0.39, 0.29) is 18.9 Å². The molecule has 1 fully saturated rings. The monoisotopic (exact) mass is 343 g/mol. The van der Waals surface area contributed by atoms with Gasteiger partial charge in [-0.05, 0) is 24.5 Å². The van der Waals surface area contributed by atoms with Gasteiger partial charge in [0.25, 0.3) is 0 Å². The summed E-state index contributed by atoms with van der Waals surface area (Å²) in [5, 5.41) is 11.2. The number of aliphatic carboxylic acids is 1. The molecule has 1 aliphatic carbocycles. The Kier molecular flexibility index (Phi) is 5.51. The highest BCUT2D eigenvalue weighted by Gasteiger charge is 2.42. The van der Waals surface area contributed by atoms with Crippen LogP contribution in [0.5, 0.6) is 0 Å². The minimum absolute atomic E-state index is 0.0329. The van der Waals surface area contributed by atoms with Crippen LogP contribution in [0.1, 0.15) is 49.7 Å². The topological polar surface area (TPSA) is 66.4 Å². The van der Waals surface area contributed by atoms with Crippen molar-refractivity contribution >= 4 is 11.9 Å². The zero-order valence-corrected chi connectivity index (χ0v) is 13.2. The first kappa shape index (κ1) is 18.3. The average molecular weight is 343 g/mol. The van der Waals surface area contributed by atoms with Gasteiger partial charge in [-0.3, -0.25) is 9.59 Å². The third kappa shape index (κ3) is 4.07. The predicted octanol–water partition coefficient (Wildman–Crippen LogP) is 3.50. The number of rotatable bonds is 5. The van der Waals surface area contributed by atoms with Crippen molar-refractivity contribution in [1.29, 1.82) is 0 Å². The summed E-state index contributed by atoms with van der Waals surface area (Å²) in [6.45, 7) is -0.0329. The fourth-order valence-electron chi connectivity index (χ4n) is 3.25. The molecule has 1 aromatic carbocycles. The van der Waals surface area contributed by atoms with Crippen molar-refractivity contribution in [3.05, 3.63) is 35.4 Å². The molecule has 0 heterocycles. The average Bonchev–Trinajstić information content (AvgIpc) is 2.54. The van der Waals surface area contributed by atoms with Crippen molar-refractivity contribution in [2.24, 2.45) is 0 Å². The predicted molar refractivity (Wildman–Crippen MR) is 81.5 cm³/mol. The standard InChI is InChI=1S/C17H20F3NO3/c18-17(19,20)13-6-4-5-12(11-13)16(8-2-1-3-9-16)15(24)21-10-7-14(22)23/h4-6,11H,1-3,7-10H2,(H,21,24)(H,22,23). The normalized spacial score (nSPS) is 17.3. The van der Waals surface area contributed by atoms with E-state index in [1.807, 2.05) is 0 Å². The summed E-state index contributed by atoms with van der Waals surface area (Å²) in [5.74, 6) is -1.42. The first-order valence-electron chi connectivity index (χ1n) is 7.93. The van der Waals surface area contributed by atoms with Crippen LogP contribution in [0.25, 0.3) is 0 Å². The first-order chi connectivity index (χ1) is 11.3.